The fourth-order valence-electron chi connectivity index (χ4n) is 6.91. The number of aromatic nitrogens is 2. The Labute approximate surface area is 285 Å². The number of amidine groups is 1. The molecule has 49 heavy (non-hydrogen) atoms. The molecule has 0 aliphatic carbocycles. The van der Waals surface area contributed by atoms with Crippen LogP contribution in [0.2, 0.25) is 0 Å². The smallest absolute Gasteiger partial charge is 0.131 e. The van der Waals surface area contributed by atoms with Gasteiger partial charge in [0.05, 0.1) is 11.0 Å². The van der Waals surface area contributed by atoms with Crippen molar-refractivity contribution in [3.63, 3.8) is 0 Å². The van der Waals surface area contributed by atoms with Crippen molar-refractivity contribution < 1.29 is 0 Å². The summed E-state index contributed by atoms with van der Waals surface area (Å²) in [6, 6.07) is 59.9. The minimum absolute atomic E-state index is 0.0663. The zero-order chi connectivity index (χ0) is 32.6. The van der Waals surface area contributed by atoms with E-state index in [2.05, 4.69) is 166 Å². The molecule has 0 saturated carbocycles. The summed E-state index contributed by atoms with van der Waals surface area (Å²) in [5.41, 5.74) is 11.3. The highest BCUT2D eigenvalue weighted by molar-refractivity contribution is 6.04. The number of hydrogen-bond donors (Lipinski definition) is 2. The third kappa shape index (κ3) is 5.46. The topological polar surface area (TPSA) is 54.2 Å². The van der Waals surface area contributed by atoms with Crippen molar-refractivity contribution in [3.05, 3.63) is 193 Å². The van der Waals surface area contributed by atoms with E-state index in [4.69, 9.17) is 4.99 Å². The Morgan fingerprint density at radius 3 is 1.80 bits per heavy atom. The van der Waals surface area contributed by atoms with Gasteiger partial charge in [-0.3, -0.25) is 9.88 Å². The van der Waals surface area contributed by atoms with E-state index < -0.39 is 0 Å². The maximum Gasteiger partial charge on any atom is 0.131 e. The molecule has 2 atom stereocenters. The van der Waals surface area contributed by atoms with Crippen LogP contribution >= 0.6 is 0 Å². The Kier molecular flexibility index (Phi) is 7.30. The Bertz CT molecular complexity index is 2430. The minimum atomic E-state index is -0.196. The van der Waals surface area contributed by atoms with Crippen LogP contribution in [0.15, 0.2) is 181 Å². The highest BCUT2D eigenvalue weighted by Crippen LogP contribution is 2.36. The van der Waals surface area contributed by atoms with Crippen LogP contribution in [0, 0.1) is 0 Å². The lowest BCUT2D eigenvalue weighted by atomic mass is 9.92. The van der Waals surface area contributed by atoms with Gasteiger partial charge in [-0.05, 0) is 68.4 Å². The van der Waals surface area contributed by atoms with E-state index in [0.717, 1.165) is 33.7 Å². The minimum Gasteiger partial charge on any atom is -0.350 e. The second-order valence-electron chi connectivity index (χ2n) is 12.4. The van der Waals surface area contributed by atoms with Crippen molar-refractivity contribution in [2.75, 3.05) is 0 Å². The lowest BCUT2D eigenvalue weighted by Gasteiger charge is -2.32. The summed E-state index contributed by atoms with van der Waals surface area (Å²) in [5.74, 6) is 0.885. The zero-order valence-electron chi connectivity index (χ0n) is 26.7. The Hall–Kier alpha value is -6.30. The predicted octanol–water partition coefficient (Wildman–Crippen LogP) is 9.85. The van der Waals surface area contributed by atoms with Crippen LogP contribution in [0.25, 0.3) is 49.7 Å². The summed E-state index contributed by atoms with van der Waals surface area (Å²) in [4.78, 5) is 9.69. The van der Waals surface area contributed by atoms with Crippen LogP contribution < -0.4 is 10.6 Å². The van der Waals surface area contributed by atoms with Crippen molar-refractivity contribution in [2.45, 2.75) is 12.3 Å². The number of fused-ring (bicyclic) bond motifs is 2. The second kappa shape index (κ2) is 12.4. The third-order valence-corrected chi connectivity index (χ3v) is 9.41. The van der Waals surface area contributed by atoms with E-state index in [1.54, 1.807) is 0 Å². The van der Waals surface area contributed by atoms with E-state index in [1.165, 1.54) is 38.6 Å². The summed E-state index contributed by atoms with van der Waals surface area (Å²) >= 11 is 0. The Morgan fingerprint density at radius 2 is 1.10 bits per heavy atom. The molecule has 8 aromatic rings. The molecule has 1 aliphatic rings. The molecular formula is C44H33N5. The largest absolute Gasteiger partial charge is 0.350 e. The molecule has 5 heteroatoms. The maximum absolute atomic E-state index is 5.12. The van der Waals surface area contributed by atoms with Gasteiger partial charge in [-0.1, -0.05) is 146 Å². The fraction of sp³-hybridized carbons (Fsp3) is 0.0455. The lowest BCUT2D eigenvalue weighted by Crippen LogP contribution is -2.44. The number of rotatable bonds is 6. The highest BCUT2D eigenvalue weighted by Gasteiger charge is 2.25. The Balaban J connectivity index is 1.03. The first-order valence-corrected chi connectivity index (χ1v) is 16.6. The van der Waals surface area contributed by atoms with E-state index >= 15 is 0 Å². The van der Waals surface area contributed by atoms with Crippen molar-refractivity contribution in [1.29, 1.82) is 0 Å². The summed E-state index contributed by atoms with van der Waals surface area (Å²) < 4.78 is 2.14. The van der Waals surface area contributed by atoms with Gasteiger partial charge < -0.3 is 5.32 Å². The number of nitrogens with zero attached hydrogens (tertiary/aromatic N) is 3. The van der Waals surface area contributed by atoms with Crippen molar-refractivity contribution in [1.82, 2.24) is 20.2 Å². The number of para-hydroxylation sites is 2. The van der Waals surface area contributed by atoms with Gasteiger partial charge in [0, 0.05) is 11.3 Å². The molecule has 0 radical (unpaired) electrons. The van der Waals surface area contributed by atoms with Gasteiger partial charge in [-0.25, -0.2) is 9.98 Å². The first kappa shape index (κ1) is 28.9. The molecule has 1 aliphatic heterocycles. The van der Waals surface area contributed by atoms with Gasteiger partial charge in [0.15, 0.2) is 0 Å². The monoisotopic (exact) mass is 631 g/mol. The zero-order valence-corrected chi connectivity index (χ0v) is 26.7. The molecule has 2 heterocycles. The normalized spacial score (nSPS) is 16.0. The first-order valence-electron chi connectivity index (χ1n) is 16.6. The van der Waals surface area contributed by atoms with Crippen LogP contribution in [-0.4, -0.2) is 15.4 Å². The van der Waals surface area contributed by atoms with Crippen LogP contribution in [0.4, 0.5) is 0 Å². The highest BCUT2D eigenvalue weighted by atomic mass is 15.3. The van der Waals surface area contributed by atoms with E-state index in [-0.39, 0.29) is 12.3 Å². The van der Waals surface area contributed by atoms with Gasteiger partial charge in [0.1, 0.15) is 24.5 Å². The van der Waals surface area contributed by atoms with Gasteiger partial charge in [0.2, 0.25) is 0 Å². The SMILES string of the molecule is c1ccc(C2=NC(c3ccc(-c4cccc5c(-c6ccc(-n7cnc8ccccc87)cc6)cccc45)cc3)NC(c3ccccc3)N2)cc1. The van der Waals surface area contributed by atoms with Gasteiger partial charge in [0.25, 0.3) is 0 Å². The number of imidazole rings is 1. The van der Waals surface area contributed by atoms with Crippen LogP contribution in [0.5, 0.6) is 0 Å². The van der Waals surface area contributed by atoms with Crippen LogP contribution in [0.1, 0.15) is 29.0 Å². The maximum atomic E-state index is 5.12. The molecule has 1 aromatic heterocycles. The molecule has 9 rings (SSSR count). The summed E-state index contributed by atoms with van der Waals surface area (Å²) in [6.07, 6.45) is 1.63. The number of benzene rings is 7. The fourth-order valence-corrected chi connectivity index (χ4v) is 6.91. The molecular weight excluding hydrogens is 599 g/mol. The lowest BCUT2D eigenvalue weighted by molar-refractivity contribution is 0.409. The van der Waals surface area contributed by atoms with E-state index in [1.807, 2.05) is 30.6 Å². The molecule has 0 spiro atoms. The van der Waals surface area contributed by atoms with Gasteiger partial charge in [-0.15, -0.1) is 0 Å². The van der Waals surface area contributed by atoms with E-state index in [9.17, 15) is 0 Å². The third-order valence-electron chi connectivity index (χ3n) is 9.41. The second-order valence-corrected chi connectivity index (χ2v) is 12.4. The Morgan fingerprint density at radius 1 is 0.490 bits per heavy atom. The number of aliphatic imine (C=N–C) groups is 1. The van der Waals surface area contributed by atoms with Crippen molar-refractivity contribution in [3.8, 4) is 27.9 Å². The van der Waals surface area contributed by atoms with Gasteiger partial charge >= 0.3 is 0 Å². The average molecular weight is 632 g/mol. The van der Waals surface area contributed by atoms with Gasteiger partial charge in [-0.2, -0.15) is 0 Å². The predicted molar refractivity (Wildman–Crippen MR) is 201 cm³/mol. The number of hydrogen-bond acceptors (Lipinski definition) is 4. The molecule has 2 unspecified atom stereocenters. The first-order chi connectivity index (χ1) is 24.3. The summed E-state index contributed by atoms with van der Waals surface area (Å²) in [7, 11) is 0. The molecule has 234 valence electrons. The molecule has 0 fully saturated rings. The molecule has 7 aromatic carbocycles. The summed E-state index contributed by atoms with van der Waals surface area (Å²) in [6.45, 7) is 0. The molecule has 0 bridgehead atoms. The molecule has 0 amide bonds. The standard InChI is InChI=1S/C44H33N5/c1-3-11-32(12-4-1)42-46-43(33-13-5-2-6-14-33)48-44(47-42)34-23-21-30(22-24-34)36-15-9-18-39-37(16-10-17-38(36)39)31-25-27-35(28-26-31)49-29-45-40-19-7-8-20-41(40)49/h1-29,42,44,47H,(H,46,48). The molecule has 0 saturated heterocycles. The molecule has 2 N–H and O–H groups in total. The van der Waals surface area contributed by atoms with Crippen LogP contribution in [0.3, 0.4) is 0 Å². The average Bonchev–Trinajstić information content (AvgIpc) is 3.62. The van der Waals surface area contributed by atoms with Crippen molar-refractivity contribution >= 4 is 27.6 Å². The quantitative estimate of drug-likeness (QED) is 0.192. The summed E-state index contributed by atoms with van der Waals surface area (Å²) in [5, 5.41) is 9.79. The van der Waals surface area contributed by atoms with Crippen molar-refractivity contribution in [2.24, 2.45) is 4.99 Å². The van der Waals surface area contributed by atoms with Crippen LogP contribution in [-0.2, 0) is 0 Å². The van der Waals surface area contributed by atoms with E-state index in [0.29, 0.717) is 0 Å². The number of nitrogens with one attached hydrogen (secondary N) is 2. The molecule has 5 nitrogen and oxygen atoms in total.